The highest BCUT2D eigenvalue weighted by atomic mass is 14.8. The van der Waals surface area contributed by atoms with Crippen LogP contribution in [0.2, 0.25) is 0 Å². The molecule has 0 amide bonds. The van der Waals surface area contributed by atoms with Crippen LogP contribution >= 0.6 is 0 Å². The van der Waals surface area contributed by atoms with E-state index in [1.807, 2.05) is 0 Å². The number of unbranched alkanes of at least 4 members (excludes halogenated alkanes) is 14. The van der Waals surface area contributed by atoms with Crippen LogP contribution in [0.3, 0.4) is 0 Å². The highest BCUT2D eigenvalue weighted by molar-refractivity contribution is 5.57. The Kier molecular flexibility index (Phi) is 16.5. The van der Waals surface area contributed by atoms with Gasteiger partial charge in [-0.2, -0.15) is 0 Å². The molecule has 154 valence electrons. The van der Waals surface area contributed by atoms with E-state index in [4.69, 9.17) is 4.99 Å². The first-order valence-electron chi connectivity index (χ1n) is 12.4. The molecule has 0 bridgehead atoms. The highest BCUT2D eigenvalue weighted by Gasteiger charge is 2.21. The van der Waals surface area contributed by atoms with Gasteiger partial charge in [0.15, 0.2) is 0 Å². The molecular formula is C25H49N. The third-order valence-corrected chi connectivity index (χ3v) is 6.38. The molecule has 1 aliphatic rings. The van der Waals surface area contributed by atoms with Gasteiger partial charge in [-0.1, -0.05) is 117 Å². The van der Waals surface area contributed by atoms with Gasteiger partial charge in [0.05, 0.1) is 6.04 Å². The third-order valence-electron chi connectivity index (χ3n) is 6.38. The Labute approximate surface area is 165 Å². The molecule has 1 aliphatic carbocycles. The topological polar surface area (TPSA) is 12.4 Å². The van der Waals surface area contributed by atoms with Gasteiger partial charge >= 0.3 is 0 Å². The van der Waals surface area contributed by atoms with Gasteiger partial charge in [-0.3, -0.25) is 4.99 Å². The van der Waals surface area contributed by atoms with E-state index in [-0.39, 0.29) is 0 Å². The number of rotatable bonds is 17. The van der Waals surface area contributed by atoms with Crippen molar-refractivity contribution in [1.29, 1.82) is 0 Å². The van der Waals surface area contributed by atoms with Crippen molar-refractivity contribution in [2.45, 2.75) is 148 Å². The summed E-state index contributed by atoms with van der Waals surface area (Å²) in [6.07, 6.45) is 30.6. The smallest absolute Gasteiger partial charge is 0.0523 e. The lowest BCUT2D eigenvalue weighted by Gasteiger charge is -2.27. The molecule has 0 aromatic carbocycles. The minimum atomic E-state index is 0.653. The summed E-state index contributed by atoms with van der Waals surface area (Å²) in [6.45, 7) is 4.64. The molecule has 0 aromatic rings. The Bertz CT molecular complexity index is 309. The summed E-state index contributed by atoms with van der Waals surface area (Å²) in [5, 5.41) is 0. The highest BCUT2D eigenvalue weighted by Crippen LogP contribution is 2.29. The molecule has 0 aliphatic heterocycles. The normalized spacial score (nSPS) is 20.8. The van der Waals surface area contributed by atoms with Crippen molar-refractivity contribution in [3.8, 4) is 0 Å². The Morgan fingerprint density at radius 2 is 1.15 bits per heavy atom. The first-order valence-corrected chi connectivity index (χ1v) is 12.4. The van der Waals surface area contributed by atoms with Crippen molar-refractivity contribution in [3.05, 3.63) is 0 Å². The molecule has 0 spiro atoms. The number of hydrogen-bond donors (Lipinski definition) is 0. The van der Waals surface area contributed by atoms with E-state index in [0.717, 1.165) is 5.92 Å². The summed E-state index contributed by atoms with van der Waals surface area (Å²) in [5.41, 5.74) is 0. The van der Waals surface area contributed by atoms with Gasteiger partial charge in [0.2, 0.25) is 0 Å². The predicted octanol–water partition coefficient (Wildman–Crippen LogP) is 8.90. The molecular weight excluding hydrogens is 314 g/mol. The van der Waals surface area contributed by atoms with Crippen LogP contribution in [0.4, 0.5) is 0 Å². The fourth-order valence-corrected chi connectivity index (χ4v) is 4.50. The molecule has 1 nitrogen and oxygen atoms in total. The molecule has 1 fully saturated rings. The van der Waals surface area contributed by atoms with Gasteiger partial charge in [-0.15, -0.1) is 0 Å². The van der Waals surface area contributed by atoms with Crippen molar-refractivity contribution in [2.24, 2.45) is 10.9 Å². The molecule has 0 aromatic heterocycles. The Morgan fingerprint density at radius 3 is 1.69 bits per heavy atom. The molecule has 1 saturated carbocycles. The van der Waals surface area contributed by atoms with Crippen LogP contribution < -0.4 is 0 Å². The summed E-state index contributed by atoms with van der Waals surface area (Å²) in [7, 11) is 0. The van der Waals surface area contributed by atoms with Crippen LogP contribution in [-0.2, 0) is 0 Å². The molecule has 26 heavy (non-hydrogen) atoms. The van der Waals surface area contributed by atoms with E-state index in [2.05, 4.69) is 20.1 Å². The van der Waals surface area contributed by atoms with Crippen LogP contribution in [0.25, 0.3) is 0 Å². The fraction of sp³-hybridized carbons (Fsp3) is 0.960. The Hall–Kier alpha value is -0.330. The van der Waals surface area contributed by atoms with Gasteiger partial charge in [-0.05, 0) is 37.8 Å². The molecule has 0 saturated heterocycles. The summed E-state index contributed by atoms with van der Waals surface area (Å²) in [5.74, 6) is 0.872. The lowest BCUT2D eigenvalue weighted by Crippen LogP contribution is -2.22. The monoisotopic (exact) mass is 363 g/mol. The van der Waals surface area contributed by atoms with E-state index in [0.29, 0.717) is 6.04 Å². The van der Waals surface area contributed by atoms with Crippen molar-refractivity contribution in [2.75, 3.05) is 0 Å². The minimum Gasteiger partial charge on any atom is -0.294 e. The molecule has 1 rings (SSSR count). The molecule has 0 radical (unpaired) electrons. The largest absolute Gasteiger partial charge is 0.294 e. The van der Waals surface area contributed by atoms with E-state index in [9.17, 15) is 0 Å². The first-order chi connectivity index (χ1) is 12.9. The zero-order valence-corrected chi connectivity index (χ0v) is 18.3. The number of nitrogens with zero attached hydrogens (tertiary/aromatic N) is 1. The van der Waals surface area contributed by atoms with Crippen molar-refractivity contribution < 1.29 is 0 Å². The zero-order chi connectivity index (χ0) is 18.7. The molecule has 0 N–H and O–H groups in total. The first kappa shape index (κ1) is 23.7. The maximum absolute atomic E-state index is 4.91. The van der Waals surface area contributed by atoms with Gasteiger partial charge in [0.1, 0.15) is 0 Å². The Morgan fingerprint density at radius 1 is 0.654 bits per heavy atom. The van der Waals surface area contributed by atoms with Crippen molar-refractivity contribution >= 4 is 6.21 Å². The quantitative estimate of drug-likeness (QED) is 0.181. The second kappa shape index (κ2) is 18.1. The maximum atomic E-state index is 4.91. The lowest BCUT2D eigenvalue weighted by atomic mass is 9.83. The fourth-order valence-electron chi connectivity index (χ4n) is 4.50. The van der Waals surface area contributed by atoms with Crippen LogP contribution in [0.15, 0.2) is 4.99 Å². The van der Waals surface area contributed by atoms with Gasteiger partial charge in [-0.25, -0.2) is 0 Å². The average Bonchev–Trinajstić information content (AvgIpc) is 2.68. The third kappa shape index (κ3) is 12.9. The standard InChI is InChI=1S/C25H49N/c1-3-5-6-7-8-9-10-11-12-13-14-15-16-17-20-23-26-25-22-19-18-21-24(25)4-2/h23-25H,3-22H2,1-2H3. The van der Waals surface area contributed by atoms with E-state index < -0.39 is 0 Å². The number of aliphatic imine (C=N–C) groups is 1. The van der Waals surface area contributed by atoms with Crippen LogP contribution in [0.1, 0.15) is 142 Å². The lowest BCUT2D eigenvalue weighted by molar-refractivity contribution is 0.302. The molecule has 2 unspecified atom stereocenters. The van der Waals surface area contributed by atoms with E-state index in [1.54, 1.807) is 0 Å². The second-order valence-electron chi connectivity index (χ2n) is 8.74. The summed E-state index contributed by atoms with van der Waals surface area (Å²) < 4.78 is 0. The molecule has 1 heteroatoms. The van der Waals surface area contributed by atoms with E-state index in [1.165, 1.54) is 128 Å². The number of hydrogen-bond acceptors (Lipinski definition) is 1. The van der Waals surface area contributed by atoms with Gasteiger partial charge in [0, 0.05) is 0 Å². The van der Waals surface area contributed by atoms with E-state index >= 15 is 0 Å². The van der Waals surface area contributed by atoms with Crippen molar-refractivity contribution in [3.63, 3.8) is 0 Å². The van der Waals surface area contributed by atoms with Crippen molar-refractivity contribution in [1.82, 2.24) is 0 Å². The van der Waals surface area contributed by atoms with Crippen LogP contribution in [-0.4, -0.2) is 12.3 Å². The predicted molar refractivity (Wildman–Crippen MR) is 119 cm³/mol. The Balaban J connectivity index is 1.80. The average molecular weight is 364 g/mol. The summed E-state index contributed by atoms with van der Waals surface area (Å²) in [4.78, 5) is 4.91. The van der Waals surface area contributed by atoms with Gasteiger partial charge in [0.25, 0.3) is 0 Å². The summed E-state index contributed by atoms with van der Waals surface area (Å²) in [6, 6.07) is 0.653. The SMILES string of the molecule is CCCCCCCCCCCCCCCCC=NC1CCCCC1CC. The van der Waals surface area contributed by atoms with Gasteiger partial charge < -0.3 is 0 Å². The maximum Gasteiger partial charge on any atom is 0.0523 e. The minimum absolute atomic E-state index is 0.653. The molecule has 2 atom stereocenters. The summed E-state index contributed by atoms with van der Waals surface area (Å²) >= 11 is 0. The zero-order valence-electron chi connectivity index (χ0n) is 18.3. The molecule has 0 heterocycles. The van der Waals surface area contributed by atoms with Crippen LogP contribution in [0.5, 0.6) is 0 Å². The second-order valence-corrected chi connectivity index (χ2v) is 8.74. The van der Waals surface area contributed by atoms with Crippen LogP contribution in [0, 0.1) is 5.92 Å².